The number of benzene rings is 4. The van der Waals surface area contributed by atoms with Gasteiger partial charge in [-0.1, -0.05) is 107 Å². The number of halogens is 1. The van der Waals surface area contributed by atoms with Crippen LogP contribution in [0.3, 0.4) is 0 Å². The Balaban J connectivity index is 1.78. The first kappa shape index (κ1) is 32.0. The Kier molecular flexibility index (Phi) is 11.1. The van der Waals surface area contributed by atoms with Gasteiger partial charge >= 0.3 is 0 Å². The largest absolute Gasteiger partial charge is 0.354 e. The second-order valence-electron chi connectivity index (χ2n) is 10.3. The number of rotatable bonds is 13. The Morgan fingerprint density at radius 3 is 2.07 bits per heavy atom. The number of anilines is 1. The van der Waals surface area contributed by atoms with Crippen LogP contribution in [0.2, 0.25) is 0 Å². The van der Waals surface area contributed by atoms with Crippen molar-refractivity contribution in [1.29, 1.82) is 0 Å². The maximum Gasteiger partial charge on any atom is 0.264 e. The molecule has 43 heavy (non-hydrogen) atoms. The summed E-state index contributed by atoms with van der Waals surface area (Å²) in [4.78, 5) is 29.6. The summed E-state index contributed by atoms with van der Waals surface area (Å²) in [5.74, 6) is -0.780. The third-order valence-corrected chi connectivity index (χ3v) is 9.28. The summed E-state index contributed by atoms with van der Waals surface area (Å²) in [6, 6.07) is 31.4. The number of aryl methyl sites for hydroxylation is 1. The molecule has 4 aromatic carbocycles. The zero-order valence-electron chi connectivity index (χ0n) is 24.3. The van der Waals surface area contributed by atoms with Crippen LogP contribution in [0.4, 0.5) is 5.69 Å². The monoisotopic (exact) mass is 661 g/mol. The average Bonchev–Trinajstić information content (AvgIpc) is 3.01. The van der Waals surface area contributed by atoms with Gasteiger partial charge < -0.3 is 10.2 Å². The Morgan fingerprint density at radius 1 is 0.837 bits per heavy atom. The molecule has 0 fully saturated rings. The van der Waals surface area contributed by atoms with Gasteiger partial charge in [0.25, 0.3) is 10.0 Å². The van der Waals surface area contributed by atoms with E-state index in [1.165, 1.54) is 17.0 Å². The Morgan fingerprint density at radius 2 is 1.47 bits per heavy atom. The molecule has 7 nitrogen and oxygen atoms in total. The van der Waals surface area contributed by atoms with Crippen LogP contribution < -0.4 is 9.62 Å². The molecule has 0 saturated heterocycles. The molecular weight excluding hydrogens is 626 g/mol. The molecule has 1 N–H and O–H groups in total. The van der Waals surface area contributed by atoms with Gasteiger partial charge in [-0.3, -0.25) is 13.9 Å². The molecule has 0 radical (unpaired) electrons. The van der Waals surface area contributed by atoms with Crippen molar-refractivity contribution in [1.82, 2.24) is 10.2 Å². The van der Waals surface area contributed by atoms with Gasteiger partial charge in [0, 0.05) is 24.0 Å². The van der Waals surface area contributed by atoms with Crippen molar-refractivity contribution < 1.29 is 18.0 Å². The highest BCUT2D eigenvalue weighted by atomic mass is 79.9. The number of hydrogen-bond acceptors (Lipinski definition) is 4. The van der Waals surface area contributed by atoms with Gasteiger partial charge in [-0.15, -0.1) is 0 Å². The Labute approximate surface area is 262 Å². The number of hydrogen-bond donors (Lipinski definition) is 1. The minimum atomic E-state index is -4.14. The quantitative estimate of drug-likeness (QED) is 0.187. The van der Waals surface area contributed by atoms with Crippen LogP contribution in [0.25, 0.3) is 0 Å². The van der Waals surface area contributed by atoms with Crippen molar-refractivity contribution in [3.63, 3.8) is 0 Å². The summed E-state index contributed by atoms with van der Waals surface area (Å²) >= 11 is 3.44. The Bertz CT molecular complexity index is 1610. The molecule has 0 aliphatic heterocycles. The van der Waals surface area contributed by atoms with E-state index in [0.29, 0.717) is 16.7 Å². The van der Waals surface area contributed by atoms with Crippen molar-refractivity contribution in [2.75, 3.05) is 17.4 Å². The smallest absolute Gasteiger partial charge is 0.264 e. The summed E-state index contributed by atoms with van der Waals surface area (Å²) in [6.45, 7) is 3.94. The minimum Gasteiger partial charge on any atom is -0.354 e. The van der Waals surface area contributed by atoms with Gasteiger partial charge in [-0.05, 0) is 54.8 Å². The topological polar surface area (TPSA) is 86.8 Å². The Hall–Kier alpha value is -3.95. The molecule has 9 heteroatoms. The number of amides is 2. The first-order valence-electron chi connectivity index (χ1n) is 14.2. The van der Waals surface area contributed by atoms with E-state index in [2.05, 4.69) is 21.2 Å². The van der Waals surface area contributed by atoms with Crippen molar-refractivity contribution >= 4 is 43.5 Å². The average molecular weight is 663 g/mol. The van der Waals surface area contributed by atoms with E-state index in [-0.39, 0.29) is 23.8 Å². The second kappa shape index (κ2) is 15.0. The van der Waals surface area contributed by atoms with Gasteiger partial charge in [0.05, 0.1) is 10.6 Å². The highest BCUT2D eigenvalue weighted by Gasteiger charge is 2.34. The van der Waals surface area contributed by atoms with Gasteiger partial charge in [0.1, 0.15) is 12.6 Å². The maximum atomic E-state index is 14.4. The predicted octanol–water partition coefficient (Wildman–Crippen LogP) is 6.12. The number of nitrogens with zero attached hydrogens (tertiary/aromatic N) is 2. The molecule has 224 valence electrons. The SMILES string of the molecule is CCCNC(=O)[C@@H](Cc1ccccc1)N(Cc1ccccc1)C(=O)CN(c1cccc(Br)c1)S(=O)(=O)c1ccc(C)cc1. The summed E-state index contributed by atoms with van der Waals surface area (Å²) in [7, 11) is -4.14. The van der Waals surface area contributed by atoms with Crippen LogP contribution >= 0.6 is 15.9 Å². The van der Waals surface area contributed by atoms with E-state index < -0.39 is 28.5 Å². The number of carbonyl (C=O) groups is 2. The third-order valence-electron chi connectivity index (χ3n) is 7.00. The van der Waals surface area contributed by atoms with Crippen molar-refractivity contribution in [2.45, 2.75) is 44.2 Å². The number of sulfonamides is 1. The fourth-order valence-corrected chi connectivity index (χ4v) is 6.49. The lowest BCUT2D eigenvalue weighted by Gasteiger charge is -2.34. The molecule has 0 unspecified atom stereocenters. The van der Waals surface area contributed by atoms with E-state index in [4.69, 9.17) is 0 Å². The molecule has 0 aliphatic carbocycles. The summed E-state index contributed by atoms with van der Waals surface area (Å²) in [5, 5.41) is 2.96. The first-order valence-corrected chi connectivity index (χ1v) is 16.4. The zero-order chi connectivity index (χ0) is 30.8. The van der Waals surface area contributed by atoms with E-state index in [0.717, 1.165) is 27.4 Å². The highest BCUT2D eigenvalue weighted by molar-refractivity contribution is 9.10. The van der Waals surface area contributed by atoms with Crippen LogP contribution in [-0.4, -0.2) is 44.3 Å². The van der Waals surface area contributed by atoms with Gasteiger partial charge in [-0.25, -0.2) is 8.42 Å². The molecule has 4 rings (SSSR count). The lowest BCUT2D eigenvalue weighted by atomic mass is 10.0. The standard InChI is InChI=1S/C34H36BrN3O4S/c1-3-21-36-34(40)32(22-27-11-6-4-7-12-27)37(24-28-13-8-5-9-14-28)33(39)25-38(30-16-10-15-29(35)23-30)43(41,42)31-19-17-26(2)18-20-31/h4-20,23,32H,3,21-22,24-25H2,1-2H3,(H,36,40)/t32-/m1/s1. The summed E-state index contributed by atoms with van der Waals surface area (Å²) < 4.78 is 29.9. The normalized spacial score (nSPS) is 11.9. The lowest BCUT2D eigenvalue weighted by Crippen LogP contribution is -2.53. The van der Waals surface area contributed by atoms with E-state index in [9.17, 15) is 18.0 Å². The molecule has 4 aromatic rings. The molecule has 0 aliphatic rings. The van der Waals surface area contributed by atoms with Gasteiger partial charge in [0.15, 0.2) is 0 Å². The number of carbonyl (C=O) groups excluding carboxylic acids is 2. The lowest BCUT2D eigenvalue weighted by molar-refractivity contribution is -0.140. The van der Waals surface area contributed by atoms with E-state index in [1.54, 1.807) is 36.4 Å². The molecule has 0 heterocycles. The van der Waals surface area contributed by atoms with Crippen molar-refractivity contribution in [3.05, 3.63) is 130 Å². The molecular formula is C34H36BrN3O4S. The van der Waals surface area contributed by atoms with Crippen LogP contribution in [0, 0.1) is 6.92 Å². The van der Waals surface area contributed by atoms with Crippen LogP contribution in [0.1, 0.15) is 30.0 Å². The van der Waals surface area contributed by atoms with Crippen LogP contribution in [0.5, 0.6) is 0 Å². The first-order chi connectivity index (χ1) is 20.7. The van der Waals surface area contributed by atoms with E-state index in [1.807, 2.05) is 74.5 Å². The van der Waals surface area contributed by atoms with Crippen LogP contribution in [-0.2, 0) is 32.6 Å². The van der Waals surface area contributed by atoms with Gasteiger partial charge in [-0.2, -0.15) is 0 Å². The highest BCUT2D eigenvalue weighted by Crippen LogP contribution is 2.27. The molecule has 2 amide bonds. The molecule has 0 saturated carbocycles. The molecule has 0 spiro atoms. The number of nitrogens with one attached hydrogen (secondary N) is 1. The van der Waals surface area contributed by atoms with Gasteiger partial charge in [0.2, 0.25) is 11.8 Å². The molecule has 0 bridgehead atoms. The maximum absolute atomic E-state index is 14.4. The second-order valence-corrected chi connectivity index (χ2v) is 13.1. The molecule has 0 aromatic heterocycles. The summed E-state index contributed by atoms with van der Waals surface area (Å²) in [6.07, 6.45) is 1.01. The third kappa shape index (κ3) is 8.55. The van der Waals surface area contributed by atoms with Crippen molar-refractivity contribution in [3.8, 4) is 0 Å². The fraction of sp³-hybridized carbons (Fsp3) is 0.235. The van der Waals surface area contributed by atoms with E-state index >= 15 is 0 Å². The zero-order valence-corrected chi connectivity index (χ0v) is 26.7. The van der Waals surface area contributed by atoms with Crippen LogP contribution in [0.15, 0.2) is 119 Å². The minimum absolute atomic E-state index is 0.0713. The predicted molar refractivity (Wildman–Crippen MR) is 174 cm³/mol. The summed E-state index contributed by atoms with van der Waals surface area (Å²) in [5.41, 5.74) is 2.96. The van der Waals surface area contributed by atoms with Crippen molar-refractivity contribution in [2.24, 2.45) is 0 Å². The fourth-order valence-electron chi connectivity index (χ4n) is 4.70. The molecule has 1 atom stereocenters.